The molecule has 126 valence electrons. The molecule has 0 radical (unpaired) electrons. The second-order valence-electron chi connectivity index (χ2n) is 6.73. The number of hydrogen-bond donors (Lipinski definition) is 0. The van der Waals surface area contributed by atoms with Crippen LogP contribution < -0.4 is 4.74 Å². The predicted octanol–water partition coefficient (Wildman–Crippen LogP) is 3.45. The molecule has 0 bridgehead atoms. The third-order valence-electron chi connectivity index (χ3n) is 5.06. The van der Waals surface area contributed by atoms with E-state index < -0.39 is 0 Å². The van der Waals surface area contributed by atoms with E-state index in [1.165, 1.54) is 6.42 Å². The number of aryl methyl sites for hydroxylation is 1. The molecule has 0 unspecified atom stereocenters. The molecular formula is C18H24ClNO3. The topological polar surface area (TPSA) is 38.8 Å². The van der Waals surface area contributed by atoms with Gasteiger partial charge in [0.15, 0.2) is 6.61 Å². The van der Waals surface area contributed by atoms with Gasteiger partial charge in [0, 0.05) is 31.3 Å². The minimum Gasteiger partial charge on any atom is -0.483 e. The van der Waals surface area contributed by atoms with Crippen LogP contribution in [0.2, 0.25) is 5.02 Å². The van der Waals surface area contributed by atoms with Crippen LogP contribution in [0, 0.1) is 12.3 Å². The van der Waals surface area contributed by atoms with E-state index >= 15 is 0 Å². The molecule has 23 heavy (non-hydrogen) atoms. The van der Waals surface area contributed by atoms with E-state index in [9.17, 15) is 4.79 Å². The van der Waals surface area contributed by atoms with Crippen molar-refractivity contribution in [1.82, 2.24) is 4.90 Å². The van der Waals surface area contributed by atoms with Gasteiger partial charge in [-0.2, -0.15) is 0 Å². The predicted molar refractivity (Wildman–Crippen MR) is 90.0 cm³/mol. The number of halogens is 1. The molecule has 5 heteroatoms. The molecule has 0 aliphatic carbocycles. The average molecular weight is 338 g/mol. The monoisotopic (exact) mass is 337 g/mol. The number of benzene rings is 1. The molecule has 2 aliphatic rings. The highest BCUT2D eigenvalue weighted by Gasteiger charge is 2.38. The van der Waals surface area contributed by atoms with E-state index in [4.69, 9.17) is 21.1 Å². The Morgan fingerprint density at radius 1 is 1.35 bits per heavy atom. The Balaban J connectivity index is 1.57. The molecule has 0 saturated carbocycles. The molecule has 1 spiro atoms. The molecule has 1 aromatic rings. The summed E-state index contributed by atoms with van der Waals surface area (Å²) in [6.45, 7) is 5.35. The zero-order valence-electron chi connectivity index (χ0n) is 13.6. The Labute approximate surface area is 142 Å². The molecule has 2 fully saturated rings. The number of nitrogens with zero attached hydrogens (tertiary/aromatic N) is 1. The lowest BCUT2D eigenvalue weighted by Crippen LogP contribution is -2.49. The molecule has 0 N–H and O–H groups in total. The molecule has 0 atom stereocenters. The molecule has 0 aromatic heterocycles. The highest BCUT2D eigenvalue weighted by molar-refractivity contribution is 6.30. The van der Waals surface area contributed by atoms with Crippen LogP contribution in [0.3, 0.4) is 0 Å². The van der Waals surface area contributed by atoms with Crippen LogP contribution in [0.15, 0.2) is 18.2 Å². The van der Waals surface area contributed by atoms with Crippen molar-refractivity contribution in [3.63, 3.8) is 0 Å². The summed E-state index contributed by atoms with van der Waals surface area (Å²) in [5, 5.41) is 0.679. The van der Waals surface area contributed by atoms with Crippen LogP contribution in [-0.2, 0) is 9.53 Å². The fourth-order valence-electron chi connectivity index (χ4n) is 3.64. The van der Waals surface area contributed by atoms with E-state index in [0.717, 1.165) is 56.9 Å². The molecule has 4 nitrogen and oxygen atoms in total. The Morgan fingerprint density at radius 2 is 2.13 bits per heavy atom. The summed E-state index contributed by atoms with van der Waals surface area (Å²) in [6.07, 6.45) is 4.41. The molecule has 2 aliphatic heterocycles. The highest BCUT2D eigenvalue weighted by Crippen LogP contribution is 2.39. The third kappa shape index (κ3) is 3.99. The number of carbonyl (C=O) groups excluding carboxylic acids is 1. The lowest BCUT2D eigenvalue weighted by atomic mass is 9.74. The van der Waals surface area contributed by atoms with Gasteiger partial charge in [0.05, 0.1) is 0 Å². The van der Waals surface area contributed by atoms with Crippen LogP contribution in [0.1, 0.15) is 31.2 Å². The van der Waals surface area contributed by atoms with Gasteiger partial charge in [-0.15, -0.1) is 0 Å². The Bertz CT molecular complexity index is 564. The maximum Gasteiger partial charge on any atom is 0.260 e. The van der Waals surface area contributed by atoms with Gasteiger partial charge in [0.2, 0.25) is 0 Å². The van der Waals surface area contributed by atoms with Crippen LogP contribution in [0.25, 0.3) is 0 Å². The number of piperidine rings is 1. The van der Waals surface area contributed by atoms with Crippen molar-refractivity contribution in [2.75, 3.05) is 32.9 Å². The first-order valence-electron chi connectivity index (χ1n) is 8.33. The van der Waals surface area contributed by atoms with E-state index in [1.54, 1.807) is 6.07 Å². The molecule has 3 rings (SSSR count). The van der Waals surface area contributed by atoms with Crippen LogP contribution in [0.4, 0.5) is 0 Å². The number of hydrogen-bond acceptors (Lipinski definition) is 3. The third-order valence-corrected chi connectivity index (χ3v) is 5.29. The van der Waals surface area contributed by atoms with Crippen molar-refractivity contribution >= 4 is 17.5 Å². The largest absolute Gasteiger partial charge is 0.483 e. The first-order valence-corrected chi connectivity index (χ1v) is 8.70. The van der Waals surface area contributed by atoms with Crippen molar-refractivity contribution < 1.29 is 14.3 Å². The first-order chi connectivity index (χ1) is 11.1. The fourth-order valence-corrected chi connectivity index (χ4v) is 3.87. The number of carbonyl (C=O) groups is 1. The highest BCUT2D eigenvalue weighted by atomic mass is 35.5. The smallest absolute Gasteiger partial charge is 0.260 e. The standard InChI is InChI=1S/C18H24ClNO3/c1-14-11-15(19)3-4-16(14)23-12-17(21)20-8-2-5-18(13-20)6-9-22-10-7-18/h3-4,11H,2,5-10,12-13H2,1H3. The van der Waals surface area contributed by atoms with Crippen molar-refractivity contribution in [3.05, 3.63) is 28.8 Å². The number of rotatable bonds is 3. The normalized spacial score (nSPS) is 20.5. The van der Waals surface area contributed by atoms with Crippen molar-refractivity contribution in [1.29, 1.82) is 0 Å². The first kappa shape index (κ1) is 16.6. The number of amides is 1. The summed E-state index contributed by atoms with van der Waals surface area (Å²) >= 11 is 5.94. The van der Waals surface area contributed by atoms with Crippen molar-refractivity contribution in [3.8, 4) is 5.75 Å². The fraction of sp³-hybridized carbons (Fsp3) is 0.611. The Morgan fingerprint density at radius 3 is 2.87 bits per heavy atom. The Kier molecular flexibility index (Phi) is 5.12. The van der Waals surface area contributed by atoms with Gasteiger partial charge < -0.3 is 14.4 Å². The van der Waals surface area contributed by atoms with Crippen molar-refractivity contribution in [2.24, 2.45) is 5.41 Å². The lowest BCUT2D eigenvalue weighted by Gasteiger charge is -2.45. The van der Waals surface area contributed by atoms with Gasteiger partial charge in [0.25, 0.3) is 5.91 Å². The van der Waals surface area contributed by atoms with Gasteiger partial charge in [-0.25, -0.2) is 0 Å². The number of ether oxygens (including phenoxy) is 2. The van der Waals surface area contributed by atoms with E-state index in [1.807, 2.05) is 24.0 Å². The molecule has 1 aromatic carbocycles. The van der Waals surface area contributed by atoms with E-state index in [2.05, 4.69) is 0 Å². The lowest BCUT2D eigenvalue weighted by molar-refractivity contribution is -0.139. The van der Waals surface area contributed by atoms with Gasteiger partial charge in [-0.1, -0.05) is 11.6 Å². The molecule has 2 saturated heterocycles. The average Bonchev–Trinajstić information content (AvgIpc) is 2.54. The summed E-state index contributed by atoms with van der Waals surface area (Å²) < 4.78 is 11.2. The quantitative estimate of drug-likeness (QED) is 0.848. The van der Waals surface area contributed by atoms with Crippen molar-refractivity contribution in [2.45, 2.75) is 32.6 Å². The SMILES string of the molecule is Cc1cc(Cl)ccc1OCC(=O)N1CCCC2(CCOCC2)C1. The minimum absolute atomic E-state index is 0.0740. The van der Waals surface area contributed by atoms with Crippen LogP contribution in [-0.4, -0.2) is 43.7 Å². The van der Waals surface area contributed by atoms with Gasteiger partial charge >= 0.3 is 0 Å². The summed E-state index contributed by atoms with van der Waals surface area (Å²) in [6, 6.07) is 5.45. The van der Waals surface area contributed by atoms with E-state index in [-0.39, 0.29) is 17.9 Å². The minimum atomic E-state index is 0.0740. The summed E-state index contributed by atoms with van der Waals surface area (Å²) in [4.78, 5) is 14.5. The maximum absolute atomic E-state index is 12.5. The number of likely N-dealkylation sites (tertiary alicyclic amines) is 1. The molecule has 2 heterocycles. The second-order valence-corrected chi connectivity index (χ2v) is 7.17. The van der Waals surface area contributed by atoms with Crippen LogP contribution >= 0.6 is 11.6 Å². The molecule has 1 amide bonds. The summed E-state index contributed by atoms with van der Waals surface area (Å²) in [5.74, 6) is 0.797. The van der Waals surface area contributed by atoms with Gasteiger partial charge in [-0.3, -0.25) is 4.79 Å². The summed E-state index contributed by atoms with van der Waals surface area (Å²) in [5.41, 5.74) is 1.22. The second kappa shape index (κ2) is 7.10. The van der Waals surface area contributed by atoms with Gasteiger partial charge in [0.1, 0.15) is 5.75 Å². The van der Waals surface area contributed by atoms with Crippen LogP contribution in [0.5, 0.6) is 5.75 Å². The maximum atomic E-state index is 12.5. The zero-order chi connectivity index (χ0) is 16.3. The Hall–Kier alpha value is -1.26. The summed E-state index contributed by atoms with van der Waals surface area (Å²) in [7, 11) is 0. The van der Waals surface area contributed by atoms with Gasteiger partial charge in [-0.05, 0) is 61.8 Å². The van der Waals surface area contributed by atoms with E-state index in [0.29, 0.717) is 5.02 Å². The molecular weight excluding hydrogens is 314 g/mol. The zero-order valence-corrected chi connectivity index (χ0v) is 14.4.